The molecule has 35 heavy (non-hydrogen) atoms. The number of benzene rings is 2. The topological polar surface area (TPSA) is 101 Å². The Bertz CT molecular complexity index is 1180. The Kier molecular flexibility index (Phi) is 10.1. The number of carbonyl (C=O) groups is 1. The summed E-state index contributed by atoms with van der Waals surface area (Å²) >= 11 is 0. The number of aromatic nitrogens is 2. The monoisotopic (exact) mass is 483 g/mol. The van der Waals surface area contributed by atoms with Gasteiger partial charge >= 0.3 is 0 Å². The van der Waals surface area contributed by atoms with Gasteiger partial charge in [-0.05, 0) is 30.5 Å². The molecule has 9 nitrogen and oxygen atoms in total. The lowest BCUT2D eigenvalue weighted by Gasteiger charge is -2.11. The molecule has 2 aromatic carbocycles. The molecule has 0 saturated carbocycles. The minimum Gasteiger partial charge on any atom is -0.493 e. The molecule has 1 aromatic heterocycles. The van der Waals surface area contributed by atoms with Crippen molar-refractivity contribution < 1.29 is 23.7 Å². The molecule has 1 heterocycles. The van der Waals surface area contributed by atoms with Gasteiger partial charge in [-0.25, -0.2) is 4.98 Å². The summed E-state index contributed by atoms with van der Waals surface area (Å²) in [7, 11) is 3.05. The minimum atomic E-state index is -0.184. The molecule has 3 rings (SSSR count). The number of ether oxygens (including phenoxy) is 4. The second-order valence-electron chi connectivity index (χ2n) is 7.92. The normalized spacial score (nSPS) is 10.9. The summed E-state index contributed by atoms with van der Waals surface area (Å²) in [6.07, 6.45) is 2.31. The second kappa shape index (κ2) is 13.5. The van der Waals surface area contributed by atoms with Crippen molar-refractivity contribution in [3.63, 3.8) is 0 Å². The van der Waals surface area contributed by atoms with Crippen molar-refractivity contribution in [3.8, 4) is 11.5 Å². The highest BCUT2D eigenvalue weighted by atomic mass is 16.5. The highest BCUT2D eigenvalue weighted by Crippen LogP contribution is 2.29. The predicted octanol–water partition coefficient (Wildman–Crippen LogP) is 3.06. The van der Waals surface area contributed by atoms with E-state index in [1.54, 1.807) is 12.1 Å². The van der Waals surface area contributed by atoms with Gasteiger partial charge in [-0.15, -0.1) is 0 Å². The zero-order chi connectivity index (χ0) is 25.0. The van der Waals surface area contributed by atoms with Crippen LogP contribution in [0.15, 0.2) is 47.5 Å². The number of methoxy groups -OCH3 is 2. The van der Waals surface area contributed by atoms with Crippen molar-refractivity contribution >= 4 is 16.8 Å². The van der Waals surface area contributed by atoms with Gasteiger partial charge < -0.3 is 24.3 Å². The third-order valence-electron chi connectivity index (χ3n) is 5.46. The lowest BCUT2D eigenvalue weighted by Crippen LogP contribution is -2.25. The fraction of sp³-hybridized carbons (Fsp3) is 0.423. The number of nitrogens with one attached hydrogen (secondary N) is 1. The lowest BCUT2D eigenvalue weighted by molar-refractivity contribution is -0.121. The minimum absolute atomic E-state index is 0.0726. The Morgan fingerprint density at radius 2 is 1.77 bits per heavy atom. The summed E-state index contributed by atoms with van der Waals surface area (Å²) in [5.41, 5.74) is 2.40. The summed E-state index contributed by atoms with van der Waals surface area (Å²) in [5.74, 6) is 0.912. The summed E-state index contributed by atoms with van der Waals surface area (Å²) in [6, 6.07) is 11.2. The first-order valence-corrected chi connectivity index (χ1v) is 11.7. The molecule has 9 heteroatoms. The molecule has 0 radical (unpaired) electrons. The summed E-state index contributed by atoms with van der Waals surface area (Å²) in [4.78, 5) is 29.5. The van der Waals surface area contributed by atoms with Crippen molar-refractivity contribution in [2.24, 2.45) is 0 Å². The zero-order valence-corrected chi connectivity index (χ0v) is 20.5. The Morgan fingerprint density at radius 3 is 2.54 bits per heavy atom. The predicted molar refractivity (Wildman–Crippen MR) is 133 cm³/mol. The Labute approximate surface area is 205 Å². The van der Waals surface area contributed by atoms with E-state index in [4.69, 9.17) is 18.9 Å². The summed E-state index contributed by atoms with van der Waals surface area (Å²) in [6.45, 7) is 5.08. The van der Waals surface area contributed by atoms with Gasteiger partial charge in [0, 0.05) is 32.2 Å². The van der Waals surface area contributed by atoms with Gasteiger partial charge in [-0.1, -0.05) is 24.3 Å². The number of carbonyl (C=O) groups excluding carboxylic acids is 1. The molecule has 1 amide bonds. The fourth-order valence-corrected chi connectivity index (χ4v) is 3.63. The largest absolute Gasteiger partial charge is 0.493 e. The standard InChI is InChI=1S/C26H33N3O6/c1-4-34-11-12-35-17-20-8-5-7-19(13-20)16-27-25(30)9-6-10-29-18-28-22-15-24(33-3)23(32-2)14-21(22)26(29)31/h5,7-8,13-15,18H,4,6,9-12,16-17H2,1-3H3,(H,27,30). The summed E-state index contributed by atoms with van der Waals surface area (Å²) < 4.78 is 22.9. The van der Waals surface area contributed by atoms with Crippen LogP contribution in [0.4, 0.5) is 0 Å². The van der Waals surface area contributed by atoms with E-state index in [0.29, 0.717) is 74.8 Å². The molecule has 0 aliphatic rings. The molecule has 0 unspecified atom stereocenters. The van der Waals surface area contributed by atoms with Gasteiger partial charge in [-0.3, -0.25) is 14.2 Å². The number of rotatable bonds is 14. The average Bonchev–Trinajstić information content (AvgIpc) is 2.88. The van der Waals surface area contributed by atoms with E-state index in [0.717, 1.165) is 11.1 Å². The lowest BCUT2D eigenvalue weighted by atomic mass is 10.1. The smallest absolute Gasteiger partial charge is 0.261 e. The van der Waals surface area contributed by atoms with Gasteiger partial charge in [0.25, 0.3) is 5.56 Å². The van der Waals surface area contributed by atoms with Crippen LogP contribution in [0.1, 0.15) is 30.9 Å². The molecule has 0 fully saturated rings. The van der Waals surface area contributed by atoms with Crippen LogP contribution in [0, 0.1) is 0 Å². The van der Waals surface area contributed by atoms with E-state index in [2.05, 4.69) is 10.3 Å². The van der Waals surface area contributed by atoms with E-state index in [9.17, 15) is 9.59 Å². The van der Waals surface area contributed by atoms with Crippen molar-refractivity contribution in [2.75, 3.05) is 34.0 Å². The molecular weight excluding hydrogens is 450 g/mol. The first-order chi connectivity index (χ1) is 17.0. The highest BCUT2D eigenvalue weighted by molar-refractivity contribution is 5.81. The highest BCUT2D eigenvalue weighted by Gasteiger charge is 2.11. The molecule has 0 aliphatic heterocycles. The molecule has 188 valence electrons. The third-order valence-corrected chi connectivity index (χ3v) is 5.46. The maximum absolute atomic E-state index is 12.9. The van der Waals surface area contributed by atoms with Crippen LogP contribution in [-0.2, 0) is 34.0 Å². The molecule has 0 atom stereocenters. The van der Waals surface area contributed by atoms with Gasteiger partial charge in [0.2, 0.25) is 5.91 Å². The van der Waals surface area contributed by atoms with E-state index < -0.39 is 0 Å². The SMILES string of the molecule is CCOCCOCc1cccc(CNC(=O)CCCn2cnc3cc(OC)c(OC)cc3c2=O)c1. The van der Waals surface area contributed by atoms with Crippen LogP contribution in [0.25, 0.3) is 10.9 Å². The average molecular weight is 484 g/mol. The second-order valence-corrected chi connectivity index (χ2v) is 7.92. The van der Waals surface area contributed by atoms with Crippen LogP contribution < -0.4 is 20.3 Å². The first-order valence-electron chi connectivity index (χ1n) is 11.7. The molecular formula is C26H33N3O6. The van der Waals surface area contributed by atoms with Gasteiger partial charge in [-0.2, -0.15) is 0 Å². The molecule has 0 spiro atoms. The van der Waals surface area contributed by atoms with E-state index >= 15 is 0 Å². The Hall–Kier alpha value is -3.43. The van der Waals surface area contributed by atoms with Crippen molar-refractivity contribution in [1.82, 2.24) is 14.9 Å². The summed E-state index contributed by atoms with van der Waals surface area (Å²) in [5, 5.41) is 3.38. The van der Waals surface area contributed by atoms with Crippen LogP contribution in [0.2, 0.25) is 0 Å². The van der Waals surface area contributed by atoms with E-state index in [-0.39, 0.29) is 11.5 Å². The maximum atomic E-state index is 12.9. The van der Waals surface area contributed by atoms with Crippen LogP contribution in [0.5, 0.6) is 11.5 Å². The molecule has 0 bridgehead atoms. The van der Waals surface area contributed by atoms with Gasteiger partial charge in [0.05, 0.1) is 51.3 Å². The van der Waals surface area contributed by atoms with Crippen LogP contribution in [-0.4, -0.2) is 49.5 Å². The van der Waals surface area contributed by atoms with Crippen molar-refractivity contribution in [2.45, 2.75) is 39.5 Å². The van der Waals surface area contributed by atoms with Crippen molar-refractivity contribution in [1.29, 1.82) is 0 Å². The van der Waals surface area contributed by atoms with Crippen LogP contribution >= 0.6 is 0 Å². The number of amides is 1. The van der Waals surface area contributed by atoms with Gasteiger partial charge in [0.15, 0.2) is 11.5 Å². The Balaban J connectivity index is 1.48. The number of hydrogen-bond acceptors (Lipinski definition) is 7. The number of fused-ring (bicyclic) bond motifs is 1. The number of aryl methyl sites for hydroxylation is 1. The van der Waals surface area contributed by atoms with Crippen molar-refractivity contribution in [3.05, 3.63) is 64.2 Å². The molecule has 1 N–H and O–H groups in total. The third kappa shape index (κ3) is 7.53. The quantitative estimate of drug-likeness (QED) is 0.352. The molecule has 0 saturated heterocycles. The maximum Gasteiger partial charge on any atom is 0.261 e. The van der Waals surface area contributed by atoms with Crippen LogP contribution in [0.3, 0.4) is 0 Å². The number of hydrogen-bond donors (Lipinski definition) is 1. The Morgan fingerprint density at radius 1 is 1.03 bits per heavy atom. The zero-order valence-electron chi connectivity index (χ0n) is 20.5. The number of nitrogens with zero attached hydrogens (tertiary/aromatic N) is 2. The molecule has 0 aliphatic carbocycles. The fourth-order valence-electron chi connectivity index (χ4n) is 3.63. The first kappa shape index (κ1) is 26.2. The van der Waals surface area contributed by atoms with Gasteiger partial charge in [0.1, 0.15) is 0 Å². The van der Waals surface area contributed by atoms with E-state index in [1.807, 2.05) is 31.2 Å². The molecule has 3 aromatic rings. The van der Waals surface area contributed by atoms with E-state index in [1.165, 1.54) is 25.1 Å².